The van der Waals surface area contributed by atoms with Crippen molar-refractivity contribution < 1.29 is 14.3 Å². The average molecular weight is 470 g/mol. The van der Waals surface area contributed by atoms with Gasteiger partial charge in [0.2, 0.25) is 5.88 Å². The van der Waals surface area contributed by atoms with Crippen LogP contribution in [-0.2, 0) is 0 Å². The van der Waals surface area contributed by atoms with E-state index in [0.717, 1.165) is 29.9 Å². The second-order valence-electron chi connectivity index (χ2n) is 9.17. The van der Waals surface area contributed by atoms with Gasteiger partial charge in [0.25, 0.3) is 0 Å². The highest BCUT2D eigenvalue weighted by Crippen LogP contribution is 2.36. The van der Waals surface area contributed by atoms with E-state index in [-0.39, 0.29) is 17.0 Å². The van der Waals surface area contributed by atoms with Gasteiger partial charge in [0, 0.05) is 42.1 Å². The van der Waals surface area contributed by atoms with E-state index >= 15 is 0 Å². The van der Waals surface area contributed by atoms with Gasteiger partial charge in [-0.15, -0.1) is 0 Å². The molecule has 0 aliphatic carbocycles. The van der Waals surface area contributed by atoms with Crippen LogP contribution >= 0.6 is 0 Å². The van der Waals surface area contributed by atoms with Gasteiger partial charge in [-0.3, -0.25) is 9.78 Å². The van der Waals surface area contributed by atoms with Crippen LogP contribution in [0.25, 0.3) is 11.0 Å². The van der Waals surface area contributed by atoms with E-state index in [4.69, 9.17) is 4.42 Å². The number of rotatable bonds is 6. The maximum absolute atomic E-state index is 13.4. The molecular weight excluding hydrogens is 442 g/mol. The topological polar surface area (TPSA) is 95.7 Å². The van der Waals surface area contributed by atoms with E-state index in [1.807, 2.05) is 51.1 Å². The number of fused-ring (bicyclic) bond motifs is 1. The van der Waals surface area contributed by atoms with E-state index in [2.05, 4.69) is 15.2 Å². The summed E-state index contributed by atoms with van der Waals surface area (Å²) in [5, 5.41) is 13.4. The molecule has 35 heavy (non-hydrogen) atoms. The maximum atomic E-state index is 13.4. The fourth-order valence-corrected chi connectivity index (χ4v) is 4.73. The minimum atomic E-state index is -1.00. The molecule has 1 atom stereocenters. The summed E-state index contributed by atoms with van der Waals surface area (Å²) in [7, 11) is 0. The van der Waals surface area contributed by atoms with Crippen LogP contribution in [0.15, 0.2) is 70.0 Å². The lowest BCUT2D eigenvalue weighted by atomic mass is 9.95. The van der Waals surface area contributed by atoms with Gasteiger partial charge in [0.15, 0.2) is 5.43 Å². The van der Waals surface area contributed by atoms with Gasteiger partial charge in [-0.1, -0.05) is 24.3 Å². The molecule has 1 fully saturated rings. The molecule has 1 unspecified atom stereocenters. The van der Waals surface area contributed by atoms with Crippen molar-refractivity contribution in [3.63, 3.8) is 0 Å². The highest BCUT2D eigenvalue weighted by Gasteiger charge is 2.33. The molecule has 2 N–H and O–H groups in total. The predicted octanol–water partition coefficient (Wildman–Crippen LogP) is 5.28. The first-order chi connectivity index (χ1) is 16.8. The molecule has 178 valence electrons. The molecule has 0 bridgehead atoms. The zero-order valence-corrected chi connectivity index (χ0v) is 19.9. The Morgan fingerprint density at radius 1 is 1.14 bits per heavy atom. The molecule has 4 aromatic rings. The number of pyridine rings is 1. The Hall–Kier alpha value is -4.13. The summed E-state index contributed by atoms with van der Waals surface area (Å²) in [6.07, 6.45) is 1.80. The van der Waals surface area contributed by atoms with Gasteiger partial charge in [-0.2, -0.15) is 0 Å². The molecule has 0 saturated carbocycles. The third-order valence-corrected chi connectivity index (χ3v) is 6.64. The molecule has 5 rings (SSSR count). The first-order valence-corrected chi connectivity index (χ1v) is 11.7. The molecule has 1 aliphatic heterocycles. The Morgan fingerprint density at radius 3 is 2.60 bits per heavy atom. The largest absolute Gasteiger partial charge is 0.478 e. The Labute approximate surface area is 203 Å². The first kappa shape index (κ1) is 22.7. The van der Waals surface area contributed by atoms with Gasteiger partial charge >= 0.3 is 5.97 Å². The fourth-order valence-electron chi connectivity index (χ4n) is 4.73. The number of carboxylic acids is 1. The van der Waals surface area contributed by atoms with Gasteiger partial charge in [-0.25, -0.2) is 4.79 Å². The number of nitrogens with one attached hydrogen (secondary N) is 1. The monoisotopic (exact) mass is 469 g/mol. The number of carboxylic acid groups (broad SMARTS) is 1. The third-order valence-electron chi connectivity index (χ3n) is 6.64. The number of anilines is 2. The number of hydrogen-bond donors (Lipinski definition) is 2. The second kappa shape index (κ2) is 8.91. The van der Waals surface area contributed by atoms with Crippen molar-refractivity contribution in [1.82, 2.24) is 4.98 Å². The number of hydrogen-bond acceptors (Lipinski definition) is 6. The summed E-state index contributed by atoms with van der Waals surface area (Å²) in [5.41, 5.74) is 4.54. The van der Waals surface area contributed by atoms with Crippen molar-refractivity contribution in [2.75, 3.05) is 23.3 Å². The molecule has 2 aromatic heterocycles. The molecule has 7 nitrogen and oxygen atoms in total. The lowest BCUT2D eigenvalue weighted by Gasteiger charge is -2.40. The number of carbonyl (C=O) groups is 1. The van der Waals surface area contributed by atoms with Crippen LogP contribution in [0.5, 0.6) is 0 Å². The number of nitrogens with zero attached hydrogens (tertiary/aromatic N) is 2. The zero-order chi connectivity index (χ0) is 24.7. The van der Waals surface area contributed by atoms with E-state index in [0.29, 0.717) is 34.0 Å². The first-order valence-electron chi connectivity index (χ1n) is 11.7. The van der Waals surface area contributed by atoms with Crippen LogP contribution in [0.3, 0.4) is 0 Å². The van der Waals surface area contributed by atoms with Crippen molar-refractivity contribution >= 4 is 28.5 Å². The van der Waals surface area contributed by atoms with E-state index in [1.165, 1.54) is 0 Å². The fraction of sp³-hybridized carbons (Fsp3) is 0.250. The summed E-state index contributed by atoms with van der Waals surface area (Å²) in [5.74, 6) is -0.126. The van der Waals surface area contributed by atoms with Crippen LogP contribution in [-0.4, -0.2) is 29.1 Å². The second-order valence-corrected chi connectivity index (χ2v) is 9.17. The Bertz CT molecular complexity index is 1470. The zero-order valence-electron chi connectivity index (χ0n) is 19.9. The Morgan fingerprint density at radius 2 is 1.89 bits per heavy atom. The van der Waals surface area contributed by atoms with Crippen LogP contribution in [0.2, 0.25) is 0 Å². The minimum absolute atomic E-state index is 0.0503. The van der Waals surface area contributed by atoms with Crippen molar-refractivity contribution in [2.45, 2.75) is 32.7 Å². The van der Waals surface area contributed by atoms with Crippen LogP contribution in [0, 0.1) is 13.8 Å². The maximum Gasteiger partial charge on any atom is 0.337 e. The normalized spacial score (nSPS) is 14.5. The van der Waals surface area contributed by atoms with E-state index in [1.54, 1.807) is 30.5 Å². The van der Waals surface area contributed by atoms with Crippen LogP contribution in [0.1, 0.15) is 51.6 Å². The third kappa shape index (κ3) is 4.14. The molecule has 1 saturated heterocycles. The van der Waals surface area contributed by atoms with Gasteiger partial charge in [0.1, 0.15) is 5.58 Å². The summed E-state index contributed by atoms with van der Waals surface area (Å²) in [4.78, 5) is 31.6. The SMILES string of the molecule is Cc1cc(C(C)Nc2ccccc2C(=O)O)c2oc(N3CC(c4ccccn4)C3)c(C)c(=O)c2c1. The molecule has 0 amide bonds. The molecule has 1 aliphatic rings. The summed E-state index contributed by atoms with van der Waals surface area (Å²) in [6, 6.07) is 16.2. The summed E-state index contributed by atoms with van der Waals surface area (Å²) >= 11 is 0. The predicted molar refractivity (Wildman–Crippen MR) is 137 cm³/mol. The van der Waals surface area contributed by atoms with Crippen LogP contribution in [0.4, 0.5) is 11.6 Å². The van der Waals surface area contributed by atoms with Crippen molar-refractivity contribution in [1.29, 1.82) is 0 Å². The summed E-state index contributed by atoms with van der Waals surface area (Å²) in [6.45, 7) is 7.14. The number of aryl methyl sites for hydroxylation is 1. The molecule has 0 radical (unpaired) electrons. The molecule has 0 spiro atoms. The van der Waals surface area contributed by atoms with E-state index < -0.39 is 5.97 Å². The Balaban J connectivity index is 1.52. The van der Waals surface area contributed by atoms with Gasteiger partial charge < -0.3 is 19.7 Å². The number of aromatic carboxylic acids is 1. The molecule has 3 heterocycles. The van der Waals surface area contributed by atoms with Gasteiger partial charge in [-0.05, 0) is 56.7 Å². The lowest BCUT2D eigenvalue weighted by Crippen LogP contribution is -2.46. The minimum Gasteiger partial charge on any atom is -0.478 e. The molecular formula is C28H27N3O4. The highest BCUT2D eigenvalue weighted by molar-refractivity contribution is 5.94. The van der Waals surface area contributed by atoms with E-state index in [9.17, 15) is 14.7 Å². The smallest absolute Gasteiger partial charge is 0.337 e. The van der Waals surface area contributed by atoms with Crippen molar-refractivity contribution in [2.24, 2.45) is 0 Å². The number of aromatic nitrogens is 1. The lowest BCUT2D eigenvalue weighted by molar-refractivity contribution is 0.0698. The van der Waals surface area contributed by atoms with Gasteiger partial charge in [0.05, 0.1) is 22.6 Å². The highest BCUT2D eigenvalue weighted by atomic mass is 16.4. The number of benzene rings is 2. The number of para-hydroxylation sites is 1. The van der Waals surface area contributed by atoms with Crippen molar-refractivity contribution in [3.8, 4) is 0 Å². The molecule has 7 heteroatoms. The van der Waals surface area contributed by atoms with Crippen LogP contribution < -0.4 is 15.6 Å². The average Bonchev–Trinajstić information content (AvgIpc) is 2.82. The standard InChI is InChI=1S/C28H27N3O4/c1-16-12-21(18(3)30-24-10-5-4-8-20(24)28(33)34)26-22(13-16)25(32)17(2)27(35-26)31-14-19(15-31)23-9-6-7-11-29-23/h4-13,18-19,30H,14-15H2,1-3H3,(H,33,34). The quantitative estimate of drug-likeness (QED) is 0.397. The molecule has 2 aromatic carbocycles. The van der Waals surface area contributed by atoms with Crippen molar-refractivity contribution in [3.05, 3.63) is 99.0 Å². The Kier molecular flexibility index (Phi) is 5.76. The summed E-state index contributed by atoms with van der Waals surface area (Å²) < 4.78 is 6.43.